The number of nitrogens with one attached hydrogen (secondary N) is 2. The smallest absolute Gasteiger partial charge is 0.415 e. The third kappa shape index (κ3) is 5.96. The van der Waals surface area contributed by atoms with Crippen molar-refractivity contribution < 1.29 is 27.9 Å². The monoisotopic (exact) mass is 547 g/mol. The summed E-state index contributed by atoms with van der Waals surface area (Å²) in [5.74, 6) is -0.481. The molecule has 0 saturated heterocycles. The molecule has 11 nitrogen and oxygen atoms in total. The number of carboxylic acid groups (broad SMARTS) is 1. The van der Waals surface area contributed by atoms with Crippen molar-refractivity contribution in [2.45, 2.75) is 19.8 Å². The van der Waals surface area contributed by atoms with Gasteiger partial charge in [0.1, 0.15) is 5.65 Å². The Balaban J connectivity index is 0.000000531. The zero-order valence-corrected chi connectivity index (χ0v) is 21.6. The number of pyridine rings is 1. The maximum atomic E-state index is 13.5. The van der Waals surface area contributed by atoms with Crippen molar-refractivity contribution in [1.82, 2.24) is 14.5 Å². The number of carbonyl (C=O) groups is 3. The number of amides is 1. The van der Waals surface area contributed by atoms with Crippen LogP contribution >= 0.6 is 0 Å². The molecule has 0 fully saturated rings. The number of nitrogens with two attached hydrogens (primary N) is 1. The van der Waals surface area contributed by atoms with Gasteiger partial charge in [0.05, 0.1) is 5.52 Å². The average molecular weight is 548 g/mol. The second-order valence-corrected chi connectivity index (χ2v) is 9.26. The van der Waals surface area contributed by atoms with Crippen LogP contribution in [-0.4, -0.2) is 45.8 Å². The van der Waals surface area contributed by atoms with E-state index in [1.807, 2.05) is 19.1 Å². The summed E-state index contributed by atoms with van der Waals surface area (Å²) in [5, 5.41) is 10.5. The maximum absolute atomic E-state index is 13.5. The highest BCUT2D eigenvalue weighted by Gasteiger charge is 2.19. The van der Waals surface area contributed by atoms with Crippen LogP contribution in [0.1, 0.15) is 35.7 Å². The second-order valence-electron chi connectivity index (χ2n) is 8.52. The Labute approximate surface area is 224 Å². The van der Waals surface area contributed by atoms with Crippen molar-refractivity contribution in [2.24, 2.45) is 5.73 Å². The van der Waals surface area contributed by atoms with E-state index in [1.165, 1.54) is 6.20 Å². The number of H-pyrrole nitrogens is 1. The molecule has 2 aromatic carbocycles. The molecule has 0 aliphatic carbocycles. The molecule has 5 N–H and O–H groups in total. The minimum Gasteiger partial charge on any atom is -0.464 e. The third-order valence-corrected chi connectivity index (χ3v) is 6.31. The number of aromatic amines is 1. The Bertz CT molecular complexity index is 1780. The number of hydrogen-bond donors (Lipinski definition) is 5. The minimum absolute atomic E-state index is 0.211. The molecule has 0 radical (unpaired) electrons. The fourth-order valence-electron chi connectivity index (χ4n) is 4.15. The number of anilines is 1. The Kier molecular flexibility index (Phi) is 8.06. The zero-order chi connectivity index (χ0) is 28.1. The van der Waals surface area contributed by atoms with Gasteiger partial charge in [-0.2, -0.15) is 0 Å². The van der Waals surface area contributed by atoms with Gasteiger partial charge in [-0.05, 0) is 42.3 Å². The van der Waals surface area contributed by atoms with Crippen LogP contribution in [0.25, 0.3) is 33.1 Å². The summed E-state index contributed by atoms with van der Waals surface area (Å²) in [7, 11) is -2.79. The second kappa shape index (κ2) is 11.6. The first kappa shape index (κ1) is 27.1. The first-order chi connectivity index (χ1) is 18.7. The molecule has 0 aliphatic heterocycles. The molecule has 200 valence electrons. The van der Waals surface area contributed by atoms with Crippen molar-refractivity contribution in [3.8, 4) is 11.1 Å². The normalized spacial score (nSPS) is 10.8. The number of primary amides is 1. The molecule has 39 heavy (non-hydrogen) atoms. The van der Waals surface area contributed by atoms with Crippen LogP contribution in [0, 0.1) is 0 Å². The van der Waals surface area contributed by atoms with Gasteiger partial charge in [0.2, 0.25) is 16.8 Å². The molecule has 0 atom stereocenters. The van der Waals surface area contributed by atoms with Crippen LogP contribution in [0.5, 0.6) is 0 Å². The highest BCUT2D eigenvalue weighted by atomic mass is 32.2. The fourth-order valence-corrected chi connectivity index (χ4v) is 4.50. The number of rotatable bonds is 7. The van der Waals surface area contributed by atoms with Gasteiger partial charge in [0, 0.05) is 58.2 Å². The molecular formula is C27H25N5O6S. The SMILES string of the molecule is CCCC(N)=O.O=C(c1c[nH]c2ncc(-c3cccc(N[SH](=O)=O)c3)cc12)c1cccc2c1ccn2C(=O)O. The van der Waals surface area contributed by atoms with Crippen LogP contribution in [-0.2, 0) is 15.7 Å². The first-order valence-corrected chi connectivity index (χ1v) is 13.0. The number of fused-ring (bicyclic) bond motifs is 2. The first-order valence-electron chi connectivity index (χ1n) is 11.8. The molecule has 5 rings (SSSR count). The van der Waals surface area contributed by atoms with E-state index in [-0.39, 0.29) is 11.7 Å². The lowest BCUT2D eigenvalue weighted by Gasteiger charge is -2.06. The molecule has 3 heterocycles. The lowest BCUT2D eigenvalue weighted by Crippen LogP contribution is -2.08. The largest absolute Gasteiger partial charge is 0.464 e. The summed E-state index contributed by atoms with van der Waals surface area (Å²) >= 11 is 0. The van der Waals surface area contributed by atoms with E-state index in [2.05, 4.69) is 14.7 Å². The Morgan fingerprint density at radius 1 is 1.03 bits per heavy atom. The van der Waals surface area contributed by atoms with Crippen LogP contribution in [0.15, 0.2) is 73.2 Å². The predicted molar refractivity (Wildman–Crippen MR) is 148 cm³/mol. The average Bonchev–Trinajstić information content (AvgIpc) is 3.52. The summed E-state index contributed by atoms with van der Waals surface area (Å²) in [5.41, 5.74) is 8.34. The number of thiol groups is 1. The van der Waals surface area contributed by atoms with Gasteiger partial charge in [-0.15, -0.1) is 0 Å². The summed E-state index contributed by atoms with van der Waals surface area (Å²) in [6.45, 7) is 1.92. The van der Waals surface area contributed by atoms with E-state index in [1.54, 1.807) is 54.9 Å². The number of aromatic nitrogens is 3. The van der Waals surface area contributed by atoms with E-state index < -0.39 is 17.0 Å². The highest BCUT2D eigenvalue weighted by molar-refractivity contribution is 7.73. The molecule has 5 aromatic rings. The van der Waals surface area contributed by atoms with Crippen molar-refractivity contribution in [3.05, 3.63) is 84.3 Å². The number of nitrogens with zero attached hydrogens (tertiary/aromatic N) is 2. The van der Waals surface area contributed by atoms with Crippen LogP contribution in [0.2, 0.25) is 0 Å². The lowest BCUT2D eigenvalue weighted by molar-refractivity contribution is -0.118. The number of ketones is 1. The van der Waals surface area contributed by atoms with E-state index in [9.17, 15) is 27.9 Å². The summed E-state index contributed by atoms with van der Waals surface area (Å²) in [4.78, 5) is 42.1. The van der Waals surface area contributed by atoms with E-state index in [0.29, 0.717) is 50.7 Å². The van der Waals surface area contributed by atoms with Crippen molar-refractivity contribution in [3.63, 3.8) is 0 Å². The van der Waals surface area contributed by atoms with Gasteiger partial charge in [-0.25, -0.2) is 18.2 Å². The van der Waals surface area contributed by atoms with E-state index in [0.717, 1.165) is 16.6 Å². The number of benzene rings is 2. The third-order valence-electron chi connectivity index (χ3n) is 5.87. The van der Waals surface area contributed by atoms with E-state index in [4.69, 9.17) is 5.73 Å². The molecule has 0 saturated carbocycles. The van der Waals surface area contributed by atoms with Crippen LogP contribution in [0.3, 0.4) is 0 Å². The van der Waals surface area contributed by atoms with Gasteiger partial charge in [-0.1, -0.05) is 31.2 Å². The Hall–Kier alpha value is -4.97. The lowest BCUT2D eigenvalue weighted by atomic mass is 9.99. The summed E-state index contributed by atoms with van der Waals surface area (Å²) < 4.78 is 25.4. The number of hydrogen-bond acceptors (Lipinski definition) is 6. The number of carbonyl (C=O) groups excluding carboxylic acids is 2. The Morgan fingerprint density at radius 3 is 2.46 bits per heavy atom. The van der Waals surface area contributed by atoms with E-state index >= 15 is 0 Å². The molecule has 0 aliphatic rings. The standard InChI is InChI=1S/C23H16N4O5S.C4H9NO/c28-21(17-5-2-6-20-16(17)7-8-27(20)23(29)30)19-12-25-22-18(19)10-14(11-24-22)13-3-1-4-15(9-13)26-33(31)32;1-2-3-4(5)6/h1-12,33H,(H,24,25)(H,29,30)(H,26,31,32);2-3H2,1H3,(H2,5,6). The summed E-state index contributed by atoms with van der Waals surface area (Å²) in [6.07, 6.45) is 4.87. The topological polar surface area (TPSA) is 177 Å². The molecule has 3 aromatic heterocycles. The maximum Gasteiger partial charge on any atom is 0.415 e. The zero-order valence-electron chi connectivity index (χ0n) is 20.7. The quantitative estimate of drug-likeness (QED) is 0.150. The molecule has 12 heteroatoms. The van der Waals surface area contributed by atoms with Gasteiger partial charge in [0.15, 0.2) is 5.78 Å². The van der Waals surface area contributed by atoms with Gasteiger partial charge >= 0.3 is 6.09 Å². The van der Waals surface area contributed by atoms with Crippen LogP contribution in [0.4, 0.5) is 10.5 Å². The van der Waals surface area contributed by atoms with Crippen molar-refractivity contribution >= 4 is 56.3 Å². The summed E-state index contributed by atoms with van der Waals surface area (Å²) in [6, 6.07) is 15.2. The minimum atomic E-state index is -2.79. The van der Waals surface area contributed by atoms with Gasteiger partial charge < -0.3 is 15.8 Å². The van der Waals surface area contributed by atoms with Crippen molar-refractivity contribution in [1.29, 1.82) is 0 Å². The van der Waals surface area contributed by atoms with Gasteiger partial charge in [0.25, 0.3) is 0 Å². The van der Waals surface area contributed by atoms with Gasteiger partial charge in [-0.3, -0.25) is 18.9 Å². The fraction of sp³-hybridized carbons (Fsp3) is 0.111. The van der Waals surface area contributed by atoms with Crippen molar-refractivity contribution in [2.75, 3.05) is 4.72 Å². The molecule has 0 bridgehead atoms. The Morgan fingerprint density at radius 2 is 1.79 bits per heavy atom. The molecule has 0 spiro atoms. The van der Waals surface area contributed by atoms with Crippen LogP contribution < -0.4 is 10.5 Å². The highest BCUT2D eigenvalue weighted by Crippen LogP contribution is 2.29. The molecular weight excluding hydrogens is 522 g/mol. The molecule has 0 unspecified atom stereocenters. The molecule has 1 amide bonds. The predicted octanol–water partition coefficient (Wildman–Crippen LogP) is 4.15.